The maximum Gasteiger partial charge on any atom is 0.384 e. The number of hydrogen-bond acceptors (Lipinski definition) is 2. The quantitative estimate of drug-likeness (QED) is 0.217. The number of hydrogen-bond donors (Lipinski definition) is 0. The van der Waals surface area contributed by atoms with Crippen LogP contribution in [0.3, 0.4) is 0 Å². The van der Waals surface area contributed by atoms with E-state index < -0.39 is 5.97 Å². The molecule has 0 aromatic carbocycles. The van der Waals surface area contributed by atoms with Crippen molar-refractivity contribution in [2.45, 2.75) is 58.5 Å². The smallest absolute Gasteiger partial charge is 0.384 e. The number of carbonyl (C=O) groups is 1. The molecule has 0 aliphatic heterocycles. The van der Waals surface area contributed by atoms with Crippen LogP contribution in [0.5, 0.6) is 0 Å². The second kappa shape index (κ2) is 10.3. The lowest BCUT2D eigenvalue weighted by atomic mass is 10.1. The van der Waals surface area contributed by atoms with Gasteiger partial charge in [-0.05, 0) is 19.3 Å². The topological polar surface area (TPSA) is 26.3 Å². The van der Waals surface area contributed by atoms with Crippen LogP contribution in [0.2, 0.25) is 0 Å². The van der Waals surface area contributed by atoms with Crippen LogP contribution >= 0.6 is 0 Å². The second-order valence-corrected chi connectivity index (χ2v) is 3.73. The zero-order valence-corrected chi connectivity index (χ0v) is 10.4. The Balaban J connectivity index is 3.88. The van der Waals surface area contributed by atoms with Crippen LogP contribution in [0, 0.1) is 11.8 Å². The monoisotopic (exact) mass is 222 g/mol. The summed E-state index contributed by atoms with van der Waals surface area (Å²) in [6.45, 7) is 7.83. The molecule has 2 heteroatoms. The van der Waals surface area contributed by atoms with Crippen LogP contribution in [0.4, 0.5) is 0 Å². The lowest BCUT2D eigenvalue weighted by Crippen LogP contribution is -2.14. The van der Waals surface area contributed by atoms with Gasteiger partial charge < -0.3 is 4.74 Å². The molecular formula is C14H22O2. The minimum Gasteiger partial charge on any atom is -0.449 e. The Labute approximate surface area is 99.1 Å². The summed E-state index contributed by atoms with van der Waals surface area (Å²) in [6.07, 6.45) is 7.41. The molecule has 0 saturated carbocycles. The fourth-order valence-electron chi connectivity index (χ4n) is 1.25. The second-order valence-electron chi connectivity index (χ2n) is 3.73. The standard InChI is InChI=1S/C14H22O2/c1-4-7-9-11-13(6-3)16-14(15)12-10-8-5-2/h6,13H,3-5,7-9,11H2,1-2H3/t13-/m0/s1. The summed E-state index contributed by atoms with van der Waals surface area (Å²) in [5.41, 5.74) is 0. The number of carbonyl (C=O) groups excluding carboxylic acids is 1. The summed E-state index contributed by atoms with van der Waals surface area (Å²) >= 11 is 0. The van der Waals surface area contributed by atoms with Crippen LogP contribution in [-0.4, -0.2) is 12.1 Å². The Kier molecular flexibility index (Phi) is 9.50. The Bertz CT molecular complexity index is 258. The molecule has 1 atom stereocenters. The average Bonchev–Trinajstić information content (AvgIpc) is 2.28. The van der Waals surface area contributed by atoms with E-state index in [1.165, 1.54) is 0 Å². The Morgan fingerprint density at radius 2 is 2.12 bits per heavy atom. The highest BCUT2D eigenvalue weighted by Crippen LogP contribution is 2.07. The summed E-state index contributed by atoms with van der Waals surface area (Å²) in [4.78, 5) is 11.3. The zero-order valence-electron chi connectivity index (χ0n) is 10.4. The van der Waals surface area contributed by atoms with E-state index >= 15 is 0 Å². The highest BCUT2D eigenvalue weighted by molar-refractivity contribution is 5.88. The van der Waals surface area contributed by atoms with Crippen LogP contribution < -0.4 is 0 Å². The van der Waals surface area contributed by atoms with E-state index in [1.807, 2.05) is 6.92 Å². The molecule has 0 fully saturated rings. The van der Waals surface area contributed by atoms with Crippen molar-refractivity contribution >= 4 is 5.97 Å². The van der Waals surface area contributed by atoms with Crippen LogP contribution in [0.1, 0.15) is 52.4 Å². The van der Waals surface area contributed by atoms with Gasteiger partial charge in [-0.25, -0.2) is 4.79 Å². The van der Waals surface area contributed by atoms with Gasteiger partial charge in [0, 0.05) is 12.3 Å². The number of rotatable bonds is 7. The third-order valence-electron chi connectivity index (χ3n) is 2.18. The van der Waals surface area contributed by atoms with Crippen molar-refractivity contribution < 1.29 is 9.53 Å². The van der Waals surface area contributed by atoms with Gasteiger partial charge in [0.15, 0.2) is 0 Å². The lowest BCUT2D eigenvalue weighted by molar-refractivity contribution is -0.140. The van der Waals surface area contributed by atoms with E-state index in [0.717, 1.165) is 38.5 Å². The van der Waals surface area contributed by atoms with Crippen molar-refractivity contribution in [1.82, 2.24) is 0 Å². The van der Waals surface area contributed by atoms with Crippen molar-refractivity contribution in [3.05, 3.63) is 12.7 Å². The molecule has 0 aromatic heterocycles. The van der Waals surface area contributed by atoms with Gasteiger partial charge in [-0.1, -0.05) is 45.3 Å². The predicted molar refractivity (Wildman–Crippen MR) is 66.9 cm³/mol. The maximum absolute atomic E-state index is 11.3. The van der Waals surface area contributed by atoms with Crippen LogP contribution in [-0.2, 0) is 9.53 Å². The number of esters is 1. The largest absolute Gasteiger partial charge is 0.449 e. The average molecular weight is 222 g/mol. The van der Waals surface area contributed by atoms with Gasteiger partial charge in [0.25, 0.3) is 0 Å². The summed E-state index contributed by atoms with van der Waals surface area (Å²) < 4.78 is 5.16. The first-order valence-electron chi connectivity index (χ1n) is 6.06. The molecular weight excluding hydrogens is 200 g/mol. The van der Waals surface area contributed by atoms with Gasteiger partial charge in [-0.2, -0.15) is 0 Å². The predicted octanol–water partition coefficient (Wildman–Crippen LogP) is 3.47. The van der Waals surface area contributed by atoms with Crippen molar-refractivity contribution in [2.24, 2.45) is 0 Å². The van der Waals surface area contributed by atoms with Crippen molar-refractivity contribution in [2.75, 3.05) is 0 Å². The van der Waals surface area contributed by atoms with Crippen LogP contribution in [0.25, 0.3) is 0 Å². The molecule has 16 heavy (non-hydrogen) atoms. The normalized spacial score (nSPS) is 11.1. The first-order valence-corrected chi connectivity index (χ1v) is 6.06. The third-order valence-corrected chi connectivity index (χ3v) is 2.18. The van der Waals surface area contributed by atoms with Gasteiger partial charge in [0.05, 0.1) is 0 Å². The summed E-state index contributed by atoms with van der Waals surface area (Å²) in [5, 5.41) is 0. The van der Waals surface area contributed by atoms with E-state index in [2.05, 4.69) is 25.3 Å². The molecule has 0 saturated heterocycles. The fraction of sp³-hybridized carbons (Fsp3) is 0.643. The van der Waals surface area contributed by atoms with E-state index in [0.29, 0.717) is 0 Å². The van der Waals surface area contributed by atoms with Crippen molar-refractivity contribution in [3.63, 3.8) is 0 Å². The number of ether oxygens (including phenoxy) is 1. The molecule has 0 rings (SSSR count). The number of unbranched alkanes of at least 4 members (excludes halogenated alkanes) is 3. The van der Waals surface area contributed by atoms with Crippen LogP contribution in [0.15, 0.2) is 12.7 Å². The van der Waals surface area contributed by atoms with E-state index in [9.17, 15) is 4.79 Å². The van der Waals surface area contributed by atoms with E-state index in [-0.39, 0.29) is 6.10 Å². The first kappa shape index (κ1) is 14.8. The Hall–Kier alpha value is -1.23. The highest BCUT2D eigenvalue weighted by Gasteiger charge is 2.08. The molecule has 0 aromatic rings. The lowest BCUT2D eigenvalue weighted by Gasteiger charge is -2.11. The molecule has 0 amide bonds. The molecule has 0 spiro atoms. The van der Waals surface area contributed by atoms with Crippen molar-refractivity contribution in [1.29, 1.82) is 0 Å². The third kappa shape index (κ3) is 8.11. The van der Waals surface area contributed by atoms with Gasteiger partial charge >= 0.3 is 5.97 Å². The molecule has 0 unspecified atom stereocenters. The van der Waals surface area contributed by atoms with E-state index in [4.69, 9.17) is 4.74 Å². The maximum atomic E-state index is 11.3. The zero-order chi connectivity index (χ0) is 12.2. The summed E-state index contributed by atoms with van der Waals surface area (Å²) in [6, 6.07) is 0. The first-order chi connectivity index (χ1) is 7.74. The molecule has 0 N–H and O–H groups in total. The molecule has 0 aliphatic carbocycles. The van der Waals surface area contributed by atoms with Gasteiger partial charge in [-0.3, -0.25) is 0 Å². The highest BCUT2D eigenvalue weighted by atomic mass is 16.5. The SMILES string of the molecule is C=C[C@@H](CCCCC)OC(=O)C#CCCC. The Morgan fingerprint density at radius 3 is 2.69 bits per heavy atom. The molecule has 0 bridgehead atoms. The molecule has 2 nitrogen and oxygen atoms in total. The molecule has 0 radical (unpaired) electrons. The fourth-order valence-corrected chi connectivity index (χ4v) is 1.25. The van der Waals surface area contributed by atoms with Gasteiger partial charge in [0.1, 0.15) is 6.10 Å². The van der Waals surface area contributed by atoms with Gasteiger partial charge in [0.2, 0.25) is 0 Å². The summed E-state index contributed by atoms with van der Waals surface area (Å²) in [7, 11) is 0. The van der Waals surface area contributed by atoms with E-state index in [1.54, 1.807) is 6.08 Å². The minimum absolute atomic E-state index is 0.185. The molecule has 90 valence electrons. The molecule has 0 heterocycles. The van der Waals surface area contributed by atoms with Gasteiger partial charge in [-0.15, -0.1) is 0 Å². The summed E-state index contributed by atoms with van der Waals surface area (Å²) in [5.74, 6) is 4.82. The minimum atomic E-state index is -0.435. The molecule has 0 aliphatic rings. The Morgan fingerprint density at radius 1 is 1.38 bits per heavy atom. The van der Waals surface area contributed by atoms with Crippen molar-refractivity contribution in [3.8, 4) is 11.8 Å².